The van der Waals surface area contributed by atoms with Gasteiger partial charge in [-0.1, -0.05) is 6.07 Å². The summed E-state index contributed by atoms with van der Waals surface area (Å²) >= 11 is 0. The Morgan fingerprint density at radius 3 is 2.35 bits per heavy atom. The Morgan fingerprint density at radius 1 is 1.15 bits per heavy atom. The third-order valence-electron chi connectivity index (χ3n) is 2.77. The molecule has 0 atom stereocenters. The van der Waals surface area contributed by atoms with Crippen LogP contribution in [-0.2, 0) is 17.4 Å². The molecule has 0 fully saturated rings. The smallest absolute Gasteiger partial charge is 0.416 e. The van der Waals surface area contributed by atoms with Gasteiger partial charge in [-0.15, -0.1) is 0 Å². The van der Waals surface area contributed by atoms with E-state index in [0.717, 1.165) is 12.1 Å². The molecular weight excluding hydrogens is 271 g/mol. The molecule has 1 N–H and O–H groups in total. The molecule has 0 aliphatic carbocycles. The normalized spacial score (nSPS) is 11.3. The highest BCUT2D eigenvalue weighted by atomic mass is 19.4. The van der Waals surface area contributed by atoms with Gasteiger partial charge in [0.1, 0.15) is 0 Å². The van der Waals surface area contributed by atoms with Crippen LogP contribution in [0.1, 0.15) is 11.1 Å². The van der Waals surface area contributed by atoms with Crippen LogP contribution in [0.15, 0.2) is 42.7 Å². The first-order valence-corrected chi connectivity index (χ1v) is 5.70. The number of hydrogen-bond acceptors (Lipinski definition) is 2. The summed E-state index contributed by atoms with van der Waals surface area (Å²) in [6.45, 7) is 0. The van der Waals surface area contributed by atoms with E-state index in [-0.39, 0.29) is 12.0 Å². The van der Waals surface area contributed by atoms with Crippen molar-refractivity contribution in [2.45, 2.75) is 12.6 Å². The van der Waals surface area contributed by atoms with Crippen molar-refractivity contribution in [3.8, 4) is 11.1 Å². The maximum atomic E-state index is 12.7. The van der Waals surface area contributed by atoms with E-state index >= 15 is 0 Å². The summed E-state index contributed by atoms with van der Waals surface area (Å²) in [6, 6.07) is 6.14. The lowest BCUT2D eigenvalue weighted by Crippen LogP contribution is -2.07. The highest BCUT2D eigenvalue weighted by Gasteiger charge is 2.31. The molecule has 0 aliphatic heterocycles. The van der Waals surface area contributed by atoms with Crippen molar-refractivity contribution in [1.29, 1.82) is 0 Å². The SMILES string of the molecule is O=C(O)Cc1ccc(C(F)(F)F)cc1-c1ccncc1. The third kappa shape index (κ3) is 3.14. The molecule has 3 nitrogen and oxygen atoms in total. The molecule has 0 aliphatic rings. The fourth-order valence-corrected chi connectivity index (χ4v) is 1.87. The van der Waals surface area contributed by atoms with Crippen LogP contribution in [0.2, 0.25) is 0 Å². The fourth-order valence-electron chi connectivity index (χ4n) is 1.87. The van der Waals surface area contributed by atoms with E-state index in [0.29, 0.717) is 11.1 Å². The number of pyridine rings is 1. The molecule has 1 heterocycles. The quantitative estimate of drug-likeness (QED) is 0.938. The molecule has 0 amide bonds. The van der Waals surface area contributed by atoms with E-state index < -0.39 is 17.7 Å². The largest absolute Gasteiger partial charge is 0.481 e. The molecule has 0 radical (unpaired) electrons. The van der Waals surface area contributed by atoms with E-state index in [4.69, 9.17) is 5.11 Å². The average Bonchev–Trinajstić information content (AvgIpc) is 2.38. The molecule has 1 aromatic heterocycles. The Bertz CT molecular complexity index is 624. The molecule has 0 saturated carbocycles. The molecule has 0 saturated heterocycles. The predicted octanol–water partition coefficient (Wildman–Crippen LogP) is 3.39. The number of aliphatic carboxylic acids is 1. The number of aromatic nitrogens is 1. The van der Waals surface area contributed by atoms with E-state index in [1.165, 1.54) is 18.5 Å². The minimum Gasteiger partial charge on any atom is -0.481 e. The van der Waals surface area contributed by atoms with Gasteiger partial charge in [-0.05, 0) is 41.0 Å². The van der Waals surface area contributed by atoms with Gasteiger partial charge in [0, 0.05) is 12.4 Å². The van der Waals surface area contributed by atoms with Gasteiger partial charge in [0.25, 0.3) is 0 Å². The average molecular weight is 281 g/mol. The zero-order valence-electron chi connectivity index (χ0n) is 10.2. The highest BCUT2D eigenvalue weighted by Crippen LogP contribution is 2.34. The van der Waals surface area contributed by atoms with Crippen LogP contribution in [0.3, 0.4) is 0 Å². The van der Waals surface area contributed by atoms with Gasteiger partial charge in [0.15, 0.2) is 0 Å². The molecule has 6 heteroatoms. The zero-order chi connectivity index (χ0) is 14.8. The summed E-state index contributed by atoms with van der Waals surface area (Å²) in [5.41, 5.74) is 0.280. The minimum absolute atomic E-state index is 0.254. The lowest BCUT2D eigenvalue weighted by Gasteiger charge is -2.12. The monoisotopic (exact) mass is 281 g/mol. The van der Waals surface area contributed by atoms with E-state index in [2.05, 4.69) is 4.98 Å². The second-order valence-corrected chi connectivity index (χ2v) is 4.18. The number of carboxylic acid groups (broad SMARTS) is 1. The molecule has 0 bridgehead atoms. The van der Waals surface area contributed by atoms with Gasteiger partial charge >= 0.3 is 12.1 Å². The number of carboxylic acids is 1. The molecule has 104 valence electrons. The first-order valence-electron chi connectivity index (χ1n) is 5.70. The number of rotatable bonds is 3. The molecule has 0 unspecified atom stereocenters. The van der Waals surface area contributed by atoms with Crippen LogP contribution in [0.25, 0.3) is 11.1 Å². The summed E-state index contributed by atoms with van der Waals surface area (Å²) in [6.07, 6.45) is -1.92. The van der Waals surface area contributed by atoms with Gasteiger partial charge in [-0.2, -0.15) is 13.2 Å². The molecular formula is C14H10F3NO2. The summed E-state index contributed by atoms with van der Waals surface area (Å²) in [7, 11) is 0. The molecule has 2 rings (SSSR count). The van der Waals surface area contributed by atoms with E-state index in [9.17, 15) is 18.0 Å². The van der Waals surface area contributed by atoms with Crippen molar-refractivity contribution in [2.75, 3.05) is 0 Å². The van der Waals surface area contributed by atoms with Gasteiger partial charge in [-0.3, -0.25) is 9.78 Å². The lowest BCUT2D eigenvalue weighted by molar-refractivity contribution is -0.137. The number of hydrogen-bond donors (Lipinski definition) is 1. The van der Waals surface area contributed by atoms with Crippen molar-refractivity contribution >= 4 is 5.97 Å². The molecule has 2 aromatic rings. The van der Waals surface area contributed by atoms with Crippen molar-refractivity contribution in [1.82, 2.24) is 4.98 Å². The number of alkyl halides is 3. The Morgan fingerprint density at radius 2 is 1.80 bits per heavy atom. The van der Waals surface area contributed by atoms with Crippen LogP contribution >= 0.6 is 0 Å². The summed E-state index contributed by atoms with van der Waals surface area (Å²) < 4.78 is 38.2. The fraction of sp³-hybridized carbons (Fsp3) is 0.143. The van der Waals surface area contributed by atoms with Crippen LogP contribution in [0.4, 0.5) is 13.2 Å². The molecule has 1 aromatic carbocycles. The van der Waals surface area contributed by atoms with Crippen molar-refractivity contribution < 1.29 is 23.1 Å². The maximum absolute atomic E-state index is 12.7. The van der Waals surface area contributed by atoms with Crippen molar-refractivity contribution in [3.05, 3.63) is 53.9 Å². The topological polar surface area (TPSA) is 50.2 Å². The zero-order valence-corrected chi connectivity index (χ0v) is 10.2. The third-order valence-corrected chi connectivity index (χ3v) is 2.77. The van der Waals surface area contributed by atoms with Gasteiger partial charge in [0.2, 0.25) is 0 Å². The number of carbonyl (C=O) groups is 1. The first-order chi connectivity index (χ1) is 9.38. The van der Waals surface area contributed by atoms with Gasteiger partial charge < -0.3 is 5.11 Å². The van der Waals surface area contributed by atoms with Crippen LogP contribution in [0.5, 0.6) is 0 Å². The Balaban J connectivity index is 2.57. The second-order valence-electron chi connectivity index (χ2n) is 4.18. The van der Waals surface area contributed by atoms with Crippen LogP contribution in [0, 0.1) is 0 Å². The Labute approximate surface area is 112 Å². The van der Waals surface area contributed by atoms with Gasteiger partial charge in [-0.25, -0.2) is 0 Å². The molecule has 20 heavy (non-hydrogen) atoms. The number of halogens is 3. The number of benzene rings is 1. The highest BCUT2D eigenvalue weighted by molar-refractivity contribution is 5.76. The van der Waals surface area contributed by atoms with E-state index in [1.807, 2.05) is 0 Å². The first kappa shape index (κ1) is 14.0. The van der Waals surface area contributed by atoms with Gasteiger partial charge in [0.05, 0.1) is 12.0 Å². The minimum atomic E-state index is -4.47. The standard InChI is InChI=1S/C14H10F3NO2/c15-14(16,17)11-2-1-10(7-13(19)20)12(8-11)9-3-5-18-6-4-9/h1-6,8H,7H2,(H,19,20). The van der Waals surface area contributed by atoms with Crippen molar-refractivity contribution in [2.24, 2.45) is 0 Å². The van der Waals surface area contributed by atoms with Crippen LogP contribution < -0.4 is 0 Å². The Hall–Kier alpha value is -2.37. The lowest BCUT2D eigenvalue weighted by atomic mass is 9.96. The summed E-state index contributed by atoms with van der Waals surface area (Å²) in [4.78, 5) is 14.6. The van der Waals surface area contributed by atoms with E-state index in [1.54, 1.807) is 12.1 Å². The Kier molecular flexibility index (Phi) is 3.74. The van der Waals surface area contributed by atoms with Crippen LogP contribution in [-0.4, -0.2) is 16.1 Å². The predicted molar refractivity (Wildman–Crippen MR) is 66.0 cm³/mol. The molecule has 0 spiro atoms. The second kappa shape index (κ2) is 5.32. The summed E-state index contributed by atoms with van der Waals surface area (Å²) in [5.74, 6) is -1.10. The number of nitrogens with zero attached hydrogens (tertiary/aromatic N) is 1. The summed E-state index contributed by atoms with van der Waals surface area (Å²) in [5, 5.41) is 8.83. The van der Waals surface area contributed by atoms with Crippen molar-refractivity contribution in [3.63, 3.8) is 0 Å². The maximum Gasteiger partial charge on any atom is 0.416 e.